The van der Waals surface area contributed by atoms with E-state index >= 15 is 0 Å². The molecular weight excluding hydrogens is 351 g/mol. The number of halogens is 2. The SMILES string of the molecule is CC(C)(CNC(=O)c1ccc(Br)c(F)c1)NS(C)(=O)=O. The second-order valence-corrected chi connectivity index (χ2v) is 7.67. The van der Waals surface area contributed by atoms with Crippen LogP contribution in [0.1, 0.15) is 24.2 Å². The van der Waals surface area contributed by atoms with Gasteiger partial charge in [0.25, 0.3) is 5.91 Å². The lowest BCUT2D eigenvalue weighted by molar-refractivity contribution is 0.0944. The van der Waals surface area contributed by atoms with Gasteiger partial charge in [0.2, 0.25) is 10.0 Å². The number of rotatable bonds is 5. The molecule has 0 aromatic heterocycles. The highest BCUT2D eigenvalue weighted by Gasteiger charge is 2.23. The number of amides is 1. The molecule has 0 bridgehead atoms. The molecule has 5 nitrogen and oxygen atoms in total. The van der Waals surface area contributed by atoms with Crippen LogP contribution < -0.4 is 10.0 Å². The minimum Gasteiger partial charge on any atom is -0.350 e. The molecule has 1 aromatic carbocycles. The monoisotopic (exact) mass is 366 g/mol. The summed E-state index contributed by atoms with van der Waals surface area (Å²) < 4.78 is 38.3. The number of hydrogen-bond acceptors (Lipinski definition) is 3. The minimum atomic E-state index is -3.37. The van der Waals surface area contributed by atoms with E-state index in [2.05, 4.69) is 26.0 Å². The summed E-state index contributed by atoms with van der Waals surface area (Å²) in [5.41, 5.74) is -0.669. The molecule has 0 unspecified atom stereocenters. The van der Waals surface area contributed by atoms with Crippen molar-refractivity contribution in [3.05, 3.63) is 34.1 Å². The predicted molar refractivity (Wildman–Crippen MR) is 78.5 cm³/mol. The first-order valence-electron chi connectivity index (χ1n) is 5.72. The first-order chi connectivity index (χ1) is 9.00. The van der Waals surface area contributed by atoms with Crippen LogP contribution in [0, 0.1) is 5.82 Å². The second kappa shape index (κ2) is 6.19. The average molecular weight is 367 g/mol. The average Bonchev–Trinajstić information content (AvgIpc) is 2.26. The summed E-state index contributed by atoms with van der Waals surface area (Å²) in [5, 5.41) is 2.56. The van der Waals surface area contributed by atoms with Crippen molar-refractivity contribution in [3.8, 4) is 0 Å². The van der Waals surface area contributed by atoms with Crippen molar-refractivity contribution in [1.82, 2.24) is 10.0 Å². The van der Waals surface area contributed by atoms with E-state index in [1.54, 1.807) is 13.8 Å². The third kappa shape index (κ3) is 5.56. The van der Waals surface area contributed by atoms with Crippen LogP contribution >= 0.6 is 15.9 Å². The van der Waals surface area contributed by atoms with Crippen LogP contribution in [0.3, 0.4) is 0 Å². The molecule has 0 aliphatic rings. The van der Waals surface area contributed by atoms with E-state index in [0.29, 0.717) is 0 Å². The smallest absolute Gasteiger partial charge is 0.251 e. The molecule has 0 radical (unpaired) electrons. The molecule has 112 valence electrons. The molecule has 2 N–H and O–H groups in total. The Morgan fingerprint density at radius 2 is 2.00 bits per heavy atom. The van der Waals surface area contributed by atoms with Crippen LogP contribution in [0.2, 0.25) is 0 Å². The normalized spacial score (nSPS) is 12.2. The van der Waals surface area contributed by atoms with Gasteiger partial charge in [0.1, 0.15) is 5.82 Å². The zero-order valence-corrected chi connectivity index (χ0v) is 13.7. The lowest BCUT2D eigenvalue weighted by Gasteiger charge is -2.25. The van der Waals surface area contributed by atoms with E-state index in [1.165, 1.54) is 12.1 Å². The zero-order chi connectivity index (χ0) is 15.6. The number of hydrogen-bond donors (Lipinski definition) is 2. The van der Waals surface area contributed by atoms with E-state index < -0.39 is 27.3 Å². The van der Waals surface area contributed by atoms with Crippen LogP contribution in [-0.2, 0) is 10.0 Å². The van der Waals surface area contributed by atoms with Gasteiger partial charge in [-0.15, -0.1) is 0 Å². The van der Waals surface area contributed by atoms with Gasteiger partial charge in [0.15, 0.2) is 0 Å². The molecule has 0 aliphatic heterocycles. The van der Waals surface area contributed by atoms with Crippen molar-refractivity contribution in [3.63, 3.8) is 0 Å². The van der Waals surface area contributed by atoms with Crippen LogP contribution in [0.5, 0.6) is 0 Å². The summed E-state index contributed by atoms with van der Waals surface area (Å²) in [6.45, 7) is 3.35. The van der Waals surface area contributed by atoms with E-state index in [4.69, 9.17) is 0 Å². The molecule has 0 saturated heterocycles. The molecule has 0 atom stereocenters. The summed E-state index contributed by atoms with van der Waals surface area (Å²) >= 11 is 3.00. The Kier molecular flexibility index (Phi) is 5.28. The zero-order valence-electron chi connectivity index (χ0n) is 11.3. The van der Waals surface area contributed by atoms with Crippen molar-refractivity contribution in [2.45, 2.75) is 19.4 Å². The largest absolute Gasteiger partial charge is 0.350 e. The Morgan fingerprint density at radius 1 is 1.40 bits per heavy atom. The number of sulfonamides is 1. The van der Waals surface area contributed by atoms with Gasteiger partial charge in [0, 0.05) is 17.6 Å². The van der Waals surface area contributed by atoms with Gasteiger partial charge in [-0.3, -0.25) is 4.79 Å². The summed E-state index contributed by atoms with van der Waals surface area (Å²) in [4.78, 5) is 11.9. The van der Waals surface area contributed by atoms with Gasteiger partial charge in [-0.2, -0.15) is 0 Å². The molecule has 0 aliphatic carbocycles. The Balaban J connectivity index is 2.69. The standard InChI is InChI=1S/C12H16BrFN2O3S/c1-12(2,16-20(3,18)19)7-15-11(17)8-4-5-9(13)10(14)6-8/h4-6,16H,7H2,1-3H3,(H,15,17). The predicted octanol–water partition coefficient (Wildman–Crippen LogP) is 1.65. The lowest BCUT2D eigenvalue weighted by atomic mass is 10.1. The maximum atomic E-state index is 13.3. The van der Waals surface area contributed by atoms with Gasteiger partial charge in [-0.05, 0) is 48.0 Å². The number of carbonyl (C=O) groups is 1. The number of carbonyl (C=O) groups excluding carboxylic acids is 1. The summed E-state index contributed by atoms with van der Waals surface area (Å²) in [6.07, 6.45) is 1.04. The topological polar surface area (TPSA) is 75.3 Å². The third-order valence-electron chi connectivity index (χ3n) is 2.33. The van der Waals surface area contributed by atoms with Crippen molar-refractivity contribution in [2.24, 2.45) is 0 Å². The van der Waals surface area contributed by atoms with Gasteiger partial charge >= 0.3 is 0 Å². The maximum absolute atomic E-state index is 13.3. The summed E-state index contributed by atoms with van der Waals surface area (Å²) in [6, 6.07) is 4.01. The molecule has 8 heteroatoms. The van der Waals surface area contributed by atoms with Gasteiger partial charge < -0.3 is 5.32 Å². The van der Waals surface area contributed by atoms with E-state index in [1.807, 2.05) is 0 Å². The Bertz CT molecular complexity index is 617. The fraction of sp³-hybridized carbons (Fsp3) is 0.417. The third-order valence-corrected chi connectivity index (χ3v) is 3.90. The second-order valence-electron chi connectivity index (χ2n) is 5.07. The molecule has 20 heavy (non-hydrogen) atoms. The highest BCUT2D eigenvalue weighted by molar-refractivity contribution is 9.10. The maximum Gasteiger partial charge on any atom is 0.251 e. The minimum absolute atomic E-state index is 0.0799. The number of benzene rings is 1. The fourth-order valence-corrected chi connectivity index (χ4v) is 2.90. The summed E-state index contributed by atoms with van der Waals surface area (Å²) in [5.74, 6) is -1.01. The number of nitrogens with one attached hydrogen (secondary N) is 2. The molecule has 0 heterocycles. The summed E-state index contributed by atoms with van der Waals surface area (Å²) in [7, 11) is -3.37. The van der Waals surface area contributed by atoms with E-state index in [0.717, 1.165) is 12.3 Å². The Morgan fingerprint density at radius 3 is 2.50 bits per heavy atom. The van der Waals surface area contributed by atoms with Crippen LogP contribution in [0.25, 0.3) is 0 Å². The van der Waals surface area contributed by atoms with Gasteiger partial charge in [0.05, 0.1) is 10.7 Å². The lowest BCUT2D eigenvalue weighted by Crippen LogP contribution is -2.51. The molecule has 1 aromatic rings. The van der Waals surface area contributed by atoms with E-state index in [9.17, 15) is 17.6 Å². The van der Waals surface area contributed by atoms with Gasteiger partial charge in [-0.1, -0.05) is 0 Å². The first kappa shape index (κ1) is 17.1. The van der Waals surface area contributed by atoms with Crippen molar-refractivity contribution < 1.29 is 17.6 Å². The van der Waals surface area contributed by atoms with Crippen LogP contribution in [0.15, 0.2) is 22.7 Å². The molecule has 1 rings (SSSR count). The van der Waals surface area contributed by atoms with Crippen molar-refractivity contribution >= 4 is 31.9 Å². The Labute approximate surface area is 126 Å². The van der Waals surface area contributed by atoms with E-state index in [-0.39, 0.29) is 16.6 Å². The Hall–Kier alpha value is -0.990. The molecular formula is C12H16BrFN2O3S. The van der Waals surface area contributed by atoms with Crippen molar-refractivity contribution in [1.29, 1.82) is 0 Å². The first-order valence-corrected chi connectivity index (χ1v) is 8.41. The van der Waals surface area contributed by atoms with Crippen LogP contribution in [-0.4, -0.2) is 32.7 Å². The molecule has 0 fully saturated rings. The molecule has 0 spiro atoms. The van der Waals surface area contributed by atoms with Gasteiger partial charge in [-0.25, -0.2) is 17.5 Å². The molecule has 0 saturated carbocycles. The van der Waals surface area contributed by atoms with Crippen molar-refractivity contribution in [2.75, 3.05) is 12.8 Å². The highest BCUT2D eigenvalue weighted by Crippen LogP contribution is 2.16. The van der Waals surface area contributed by atoms with Crippen LogP contribution in [0.4, 0.5) is 4.39 Å². The highest BCUT2D eigenvalue weighted by atomic mass is 79.9. The quantitative estimate of drug-likeness (QED) is 0.831. The fourth-order valence-electron chi connectivity index (χ4n) is 1.58. The molecule has 1 amide bonds.